The van der Waals surface area contributed by atoms with Gasteiger partial charge in [0.05, 0.1) is 0 Å². The maximum atomic E-state index is 13.3. The van der Waals surface area contributed by atoms with Crippen molar-refractivity contribution in [3.63, 3.8) is 0 Å². The van der Waals surface area contributed by atoms with E-state index >= 15 is 0 Å². The number of thiophene rings is 1. The van der Waals surface area contributed by atoms with Crippen molar-refractivity contribution in [1.82, 2.24) is 0 Å². The molecule has 0 saturated carbocycles. The van der Waals surface area contributed by atoms with Crippen molar-refractivity contribution in [3.05, 3.63) is 95.1 Å². The molecule has 0 aliphatic carbocycles. The highest BCUT2D eigenvalue weighted by Crippen LogP contribution is 2.40. The average Bonchev–Trinajstić information content (AvgIpc) is 3.00. The molecule has 0 atom stereocenters. The van der Waals surface area contributed by atoms with Gasteiger partial charge in [-0.25, -0.2) is 0 Å². The fraction of sp³-hybridized carbons (Fsp3) is 0.0870. The van der Waals surface area contributed by atoms with E-state index in [4.69, 9.17) is 0 Å². The Morgan fingerprint density at radius 3 is 2.20 bits per heavy atom. The van der Waals surface area contributed by atoms with Gasteiger partial charge in [0.1, 0.15) is 0 Å². The van der Waals surface area contributed by atoms with Crippen molar-refractivity contribution >= 4 is 27.2 Å². The first-order valence-corrected chi connectivity index (χ1v) is 9.15. The van der Waals surface area contributed by atoms with Crippen LogP contribution in [0.15, 0.2) is 72.8 Å². The molecule has 0 fully saturated rings. The summed E-state index contributed by atoms with van der Waals surface area (Å²) in [4.78, 5) is 14.3. The summed E-state index contributed by atoms with van der Waals surface area (Å²) in [5, 5.41) is 1.04. The number of aryl methyl sites for hydroxylation is 2. The minimum Gasteiger partial charge on any atom is -0.289 e. The minimum atomic E-state index is 0.0891. The van der Waals surface area contributed by atoms with Crippen LogP contribution in [0.2, 0.25) is 0 Å². The summed E-state index contributed by atoms with van der Waals surface area (Å²) in [5.41, 5.74) is 5.08. The van der Waals surface area contributed by atoms with Crippen LogP contribution >= 0.6 is 11.3 Å². The van der Waals surface area contributed by atoms with Gasteiger partial charge in [-0.05, 0) is 31.0 Å². The Labute approximate surface area is 151 Å². The monoisotopic (exact) mass is 342 g/mol. The van der Waals surface area contributed by atoms with E-state index in [0.29, 0.717) is 0 Å². The number of ketones is 1. The van der Waals surface area contributed by atoms with Crippen LogP contribution in [0.25, 0.3) is 20.5 Å². The number of rotatable bonds is 3. The second kappa shape index (κ2) is 6.30. The quantitative estimate of drug-likeness (QED) is 0.393. The minimum absolute atomic E-state index is 0.0891. The summed E-state index contributed by atoms with van der Waals surface area (Å²) >= 11 is 1.70. The lowest BCUT2D eigenvalue weighted by Gasteiger charge is -2.05. The zero-order chi connectivity index (χ0) is 17.4. The zero-order valence-corrected chi connectivity index (χ0v) is 15.1. The van der Waals surface area contributed by atoms with Crippen LogP contribution in [0.1, 0.15) is 27.0 Å². The van der Waals surface area contributed by atoms with Gasteiger partial charge < -0.3 is 0 Å². The highest BCUT2D eigenvalue weighted by molar-refractivity contribution is 7.22. The van der Waals surface area contributed by atoms with Crippen LogP contribution in [-0.4, -0.2) is 5.78 Å². The van der Waals surface area contributed by atoms with E-state index in [1.165, 1.54) is 11.1 Å². The van der Waals surface area contributed by atoms with Crippen molar-refractivity contribution in [2.24, 2.45) is 0 Å². The molecule has 3 aromatic carbocycles. The molecular weight excluding hydrogens is 324 g/mol. The van der Waals surface area contributed by atoms with E-state index in [-0.39, 0.29) is 5.78 Å². The summed E-state index contributed by atoms with van der Waals surface area (Å²) in [7, 11) is 0. The molecule has 0 aliphatic rings. The Hall–Kier alpha value is -2.71. The first-order valence-electron chi connectivity index (χ1n) is 8.33. The second-order valence-electron chi connectivity index (χ2n) is 6.37. The molecule has 0 N–H and O–H groups in total. The normalized spacial score (nSPS) is 11.0. The Bertz CT molecular complexity index is 1060. The zero-order valence-electron chi connectivity index (χ0n) is 14.2. The van der Waals surface area contributed by atoms with E-state index in [1.54, 1.807) is 11.3 Å². The molecule has 0 spiro atoms. The average molecular weight is 342 g/mol. The number of carbonyl (C=O) groups is 1. The Morgan fingerprint density at radius 1 is 0.800 bits per heavy atom. The van der Waals surface area contributed by atoms with Crippen molar-refractivity contribution in [3.8, 4) is 10.4 Å². The summed E-state index contributed by atoms with van der Waals surface area (Å²) in [6.45, 7) is 4.16. The largest absolute Gasteiger partial charge is 0.289 e. The molecule has 4 aromatic rings. The summed E-state index contributed by atoms with van der Waals surface area (Å²) in [6, 6.07) is 24.3. The van der Waals surface area contributed by atoms with Gasteiger partial charge in [-0.15, -0.1) is 11.3 Å². The molecule has 4 rings (SSSR count). The van der Waals surface area contributed by atoms with Crippen LogP contribution < -0.4 is 0 Å². The predicted molar refractivity (Wildman–Crippen MR) is 107 cm³/mol. The fourth-order valence-corrected chi connectivity index (χ4v) is 4.37. The van der Waals surface area contributed by atoms with Gasteiger partial charge in [0.2, 0.25) is 0 Å². The highest BCUT2D eigenvalue weighted by Gasteiger charge is 2.21. The molecule has 0 unspecified atom stereocenters. The van der Waals surface area contributed by atoms with Crippen LogP contribution in [0.4, 0.5) is 0 Å². The SMILES string of the molecule is Cc1ccc(-c2sc3cc(C)ccc3c2C(=O)c2ccccc2)cc1. The number of hydrogen-bond acceptors (Lipinski definition) is 2. The molecule has 122 valence electrons. The molecule has 1 aromatic heterocycles. The standard InChI is InChI=1S/C23H18OS/c1-15-8-11-18(12-9-15)23-21(22(24)17-6-4-3-5-7-17)19-13-10-16(2)14-20(19)25-23/h3-14H,1-2H3. The van der Waals surface area contributed by atoms with E-state index < -0.39 is 0 Å². The number of hydrogen-bond donors (Lipinski definition) is 0. The number of fused-ring (bicyclic) bond motifs is 1. The lowest BCUT2D eigenvalue weighted by molar-refractivity contribution is 0.104. The third-order valence-corrected chi connectivity index (χ3v) is 5.62. The van der Waals surface area contributed by atoms with Crippen molar-refractivity contribution in [2.75, 3.05) is 0 Å². The Kier molecular flexibility index (Phi) is 3.98. The second-order valence-corrected chi connectivity index (χ2v) is 7.42. The molecule has 0 bridgehead atoms. The van der Waals surface area contributed by atoms with Crippen LogP contribution in [-0.2, 0) is 0 Å². The van der Waals surface area contributed by atoms with Gasteiger partial charge in [0, 0.05) is 26.1 Å². The molecule has 0 amide bonds. The molecule has 2 heteroatoms. The number of benzene rings is 3. The van der Waals surface area contributed by atoms with Crippen molar-refractivity contribution in [2.45, 2.75) is 13.8 Å². The van der Waals surface area contributed by atoms with E-state index in [1.807, 2.05) is 30.3 Å². The lowest BCUT2D eigenvalue weighted by atomic mass is 9.97. The van der Waals surface area contributed by atoms with Gasteiger partial charge in [0.15, 0.2) is 5.78 Å². The predicted octanol–water partition coefficient (Wildman–Crippen LogP) is 6.42. The Morgan fingerprint density at radius 2 is 1.48 bits per heavy atom. The van der Waals surface area contributed by atoms with Gasteiger partial charge in [-0.2, -0.15) is 0 Å². The summed E-state index contributed by atoms with van der Waals surface area (Å²) in [5.74, 6) is 0.0891. The first kappa shape index (κ1) is 15.8. The van der Waals surface area contributed by atoms with E-state index in [9.17, 15) is 4.79 Å². The van der Waals surface area contributed by atoms with Gasteiger partial charge in [0.25, 0.3) is 0 Å². The number of carbonyl (C=O) groups excluding carboxylic acids is 1. The van der Waals surface area contributed by atoms with Gasteiger partial charge in [-0.1, -0.05) is 72.3 Å². The molecule has 0 aliphatic heterocycles. The smallest absolute Gasteiger partial charge is 0.195 e. The molecule has 1 heterocycles. The molecule has 1 nitrogen and oxygen atoms in total. The highest BCUT2D eigenvalue weighted by atomic mass is 32.1. The topological polar surface area (TPSA) is 17.1 Å². The van der Waals surface area contributed by atoms with Crippen LogP contribution in [0.5, 0.6) is 0 Å². The van der Waals surface area contributed by atoms with Gasteiger partial charge in [-0.3, -0.25) is 4.79 Å². The third kappa shape index (κ3) is 2.90. The Balaban J connectivity index is 1.98. The van der Waals surface area contributed by atoms with Crippen LogP contribution in [0, 0.1) is 13.8 Å². The molecule has 0 radical (unpaired) electrons. The molecular formula is C23H18OS. The van der Waals surface area contributed by atoms with E-state index in [0.717, 1.165) is 31.7 Å². The first-order chi connectivity index (χ1) is 12.1. The third-order valence-electron chi connectivity index (χ3n) is 4.42. The van der Waals surface area contributed by atoms with Crippen LogP contribution in [0.3, 0.4) is 0 Å². The maximum absolute atomic E-state index is 13.3. The lowest BCUT2D eigenvalue weighted by Crippen LogP contribution is -2.01. The summed E-state index contributed by atoms with van der Waals surface area (Å²) < 4.78 is 1.16. The molecule has 25 heavy (non-hydrogen) atoms. The maximum Gasteiger partial charge on any atom is 0.195 e. The fourth-order valence-electron chi connectivity index (χ4n) is 3.07. The van der Waals surface area contributed by atoms with Crippen molar-refractivity contribution < 1.29 is 4.79 Å². The summed E-state index contributed by atoms with van der Waals surface area (Å²) in [6.07, 6.45) is 0. The van der Waals surface area contributed by atoms with Crippen molar-refractivity contribution in [1.29, 1.82) is 0 Å². The van der Waals surface area contributed by atoms with Gasteiger partial charge >= 0.3 is 0 Å². The van der Waals surface area contributed by atoms with E-state index in [2.05, 4.69) is 56.3 Å². The molecule has 0 saturated heterocycles.